The molecule has 5 heteroatoms. The number of fused-ring (bicyclic) bond motifs is 1. The van der Waals surface area contributed by atoms with E-state index in [0.717, 1.165) is 51.1 Å². The van der Waals surface area contributed by atoms with Gasteiger partial charge in [0.2, 0.25) is 5.91 Å². The van der Waals surface area contributed by atoms with E-state index in [2.05, 4.69) is 53.3 Å². The van der Waals surface area contributed by atoms with Crippen LogP contribution in [-0.4, -0.2) is 39.8 Å². The van der Waals surface area contributed by atoms with Gasteiger partial charge in [-0.1, -0.05) is 38.1 Å². The van der Waals surface area contributed by atoms with Gasteiger partial charge in [0.25, 0.3) is 0 Å². The van der Waals surface area contributed by atoms with Crippen molar-refractivity contribution in [1.82, 2.24) is 14.8 Å². The van der Waals surface area contributed by atoms with E-state index < -0.39 is 0 Å². The average molecular weight is 370 g/mol. The lowest BCUT2D eigenvalue weighted by Crippen LogP contribution is -2.50. The maximum absolute atomic E-state index is 13.2. The molecular formula is C21H27N3OS. The van der Waals surface area contributed by atoms with Gasteiger partial charge in [-0.2, -0.15) is 0 Å². The second-order valence-electron chi connectivity index (χ2n) is 7.76. The van der Waals surface area contributed by atoms with Crippen molar-refractivity contribution in [1.29, 1.82) is 0 Å². The molecule has 1 amide bonds. The molecule has 3 heterocycles. The Morgan fingerprint density at radius 1 is 1.23 bits per heavy atom. The summed E-state index contributed by atoms with van der Waals surface area (Å²) in [6, 6.07) is 8.49. The second-order valence-corrected chi connectivity index (χ2v) is 8.65. The van der Waals surface area contributed by atoms with Crippen molar-refractivity contribution in [3.63, 3.8) is 0 Å². The molecule has 0 saturated carbocycles. The van der Waals surface area contributed by atoms with Crippen molar-refractivity contribution >= 4 is 17.2 Å². The summed E-state index contributed by atoms with van der Waals surface area (Å²) in [6.07, 6.45) is 3.09. The van der Waals surface area contributed by atoms with Crippen LogP contribution in [0.15, 0.2) is 29.6 Å². The van der Waals surface area contributed by atoms with Gasteiger partial charge in [-0.25, -0.2) is 4.98 Å². The summed E-state index contributed by atoms with van der Waals surface area (Å²) in [4.78, 5) is 22.4. The molecule has 1 fully saturated rings. The summed E-state index contributed by atoms with van der Waals surface area (Å²) < 4.78 is 0. The first-order valence-corrected chi connectivity index (χ1v) is 10.5. The molecule has 2 aliphatic rings. The number of hydrogen-bond donors (Lipinski definition) is 0. The summed E-state index contributed by atoms with van der Waals surface area (Å²) in [5, 5.41) is 3.34. The minimum absolute atomic E-state index is 0.0628. The van der Waals surface area contributed by atoms with Crippen molar-refractivity contribution in [3.05, 3.63) is 51.5 Å². The number of thiazole rings is 1. The Morgan fingerprint density at radius 2 is 1.96 bits per heavy atom. The van der Waals surface area contributed by atoms with Gasteiger partial charge in [0.05, 0.1) is 16.7 Å². The monoisotopic (exact) mass is 369 g/mol. The summed E-state index contributed by atoms with van der Waals surface area (Å²) in [7, 11) is 0. The van der Waals surface area contributed by atoms with E-state index in [1.54, 1.807) is 11.3 Å². The van der Waals surface area contributed by atoms with Gasteiger partial charge < -0.3 is 4.90 Å². The third-order valence-corrected chi connectivity index (χ3v) is 6.67. The zero-order valence-electron chi connectivity index (χ0n) is 15.6. The largest absolute Gasteiger partial charge is 0.341 e. The van der Waals surface area contributed by atoms with Gasteiger partial charge in [0, 0.05) is 37.5 Å². The molecule has 4 nitrogen and oxygen atoms in total. The molecule has 4 rings (SSSR count). The molecule has 1 atom stereocenters. The zero-order chi connectivity index (χ0) is 18.1. The van der Waals surface area contributed by atoms with Crippen LogP contribution in [0.2, 0.25) is 0 Å². The number of amides is 1. The van der Waals surface area contributed by atoms with Gasteiger partial charge in [-0.15, -0.1) is 11.3 Å². The number of rotatable bonds is 4. The molecule has 0 spiro atoms. The van der Waals surface area contributed by atoms with E-state index >= 15 is 0 Å². The van der Waals surface area contributed by atoms with Gasteiger partial charge in [0.15, 0.2) is 0 Å². The molecule has 1 aromatic heterocycles. The Kier molecular flexibility index (Phi) is 5.09. The molecule has 0 radical (unpaired) electrons. The average Bonchev–Trinajstić information content (AvgIpc) is 3.32. The number of nitrogens with zero attached hydrogens (tertiary/aromatic N) is 3. The van der Waals surface area contributed by atoms with E-state index in [9.17, 15) is 4.79 Å². The fraction of sp³-hybridized carbons (Fsp3) is 0.524. The molecule has 0 aliphatic carbocycles. The standard InChI is InChI=1S/C21H27N3OS/c1-15(2)20-22-18(14-26-20)13-24-12-17-8-4-3-7-16(17)11-19(24)21(25)23-9-5-6-10-23/h3-4,7-8,14-15,19H,5-6,9-13H2,1-2H3/t19-/m0/s1. The van der Waals surface area contributed by atoms with E-state index in [1.807, 2.05) is 0 Å². The molecule has 2 aliphatic heterocycles. The normalized spacial score (nSPS) is 20.6. The molecule has 2 aromatic rings. The summed E-state index contributed by atoms with van der Waals surface area (Å²) in [6.45, 7) is 7.77. The zero-order valence-corrected chi connectivity index (χ0v) is 16.5. The van der Waals surface area contributed by atoms with E-state index in [-0.39, 0.29) is 6.04 Å². The smallest absolute Gasteiger partial charge is 0.240 e. The molecule has 0 bridgehead atoms. The minimum Gasteiger partial charge on any atom is -0.341 e. The lowest BCUT2D eigenvalue weighted by molar-refractivity contribution is -0.136. The highest BCUT2D eigenvalue weighted by Crippen LogP contribution is 2.28. The van der Waals surface area contributed by atoms with Gasteiger partial charge in [0.1, 0.15) is 0 Å². The number of aromatic nitrogens is 1. The van der Waals surface area contributed by atoms with Crippen LogP contribution < -0.4 is 0 Å². The Labute approximate surface area is 159 Å². The second kappa shape index (κ2) is 7.49. The van der Waals surface area contributed by atoms with Crippen LogP contribution in [-0.2, 0) is 24.3 Å². The van der Waals surface area contributed by atoms with E-state index in [1.165, 1.54) is 16.1 Å². The third-order valence-electron chi connectivity index (χ3n) is 5.48. The number of benzene rings is 1. The van der Waals surface area contributed by atoms with E-state index in [4.69, 9.17) is 4.98 Å². The topological polar surface area (TPSA) is 36.4 Å². The van der Waals surface area contributed by atoms with Crippen molar-refractivity contribution in [3.8, 4) is 0 Å². The van der Waals surface area contributed by atoms with Crippen LogP contribution >= 0.6 is 11.3 Å². The molecule has 138 valence electrons. The SMILES string of the molecule is CC(C)c1nc(CN2Cc3ccccc3C[C@H]2C(=O)N2CCCC2)cs1. The van der Waals surface area contributed by atoms with E-state index in [0.29, 0.717) is 11.8 Å². The Balaban J connectivity index is 1.58. The molecule has 1 saturated heterocycles. The fourth-order valence-corrected chi connectivity index (χ4v) is 4.83. The molecule has 1 aromatic carbocycles. The maximum atomic E-state index is 13.2. The maximum Gasteiger partial charge on any atom is 0.240 e. The third kappa shape index (κ3) is 3.55. The fourth-order valence-electron chi connectivity index (χ4n) is 4.00. The van der Waals surface area contributed by atoms with Gasteiger partial charge >= 0.3 is 0 Å². The van der Waals surface area contributed by atoms with Crippen LogP contribution in [0.3, 0.4) is 0 Å². The molecular weight excluding hydrogens is 342 g/mol. The highest BCUT2D eigenvalue weighted by Gasteiger charge is 2.35. The first-order chi connectivity index (χ1) is 12.6. The summed E-state index contributed by atoms with van der Waals surface area (Å²) in [5.74, 6) is 0.758. The van der Waals surface area contributed by atoms with Crippen LogP contribution in [0.5, 0.6) is 0 Å². The van der Waals surface area contributed by atoms with Crippen molar-refractivity contribution < 1.29 is 4.79 Å². The molecule has 0 unspecified atom stereocenters. The first-order valence-electron chi connectivity index (χ1n) is 9.65. The number of carbonyl (C=O) groups excluding carboxylic acids is 1. The number of carbonyl (C=O) groups is 1. The Morgan fingerprint density at radius 3 is 2.65 bits per heavy atom. The van der Waals surface area contributed by atoms with Crippen molar-refractivity contribution in [2.75, 3.05) is 13.1 Å². The molecule has 0 N–H and O–H groups in total. The predicted octanol–water partition coefficient (Wildman–Crippen LogP) is 3.82. The predicted molar refractivity (Wildman–Crippen MR) is 105 cm³/mol. The number of likely N-dealkylation sites (tertiary alicyclic amines) is 1. The molecule has 26 heavy (non-hydrogen) atoms. The minimum atomic E-state index is -0.0628. The highest BCUT2D eigenvalue weighted by atomic mass is 32.1. The Hall–Kier alpha value is -1.72. The first kappa shape index (κ1) is 17.7. The number of hydrogen-bond acceptors (Lipinski definition) is 4. The van der Waals surface area contributed by atoms with Crippen LogP contribution in [0.25, 0.3) is 0 Å². The summed E-state index contributed by atoms with van der Waals surface area (Å²) >= 11 is 1.73. The Bertz CT molecular complexity index is 779. The lowest BCUT2D eigenvalue weighted by Gasteiger charge is -2.37. The van der Waals surface area contributed by atoms with Crippen molar-refractivity contribution in [2.24, 2.45) is 0 Å². The highest BCUT2D eigenvalue weighted by molar-refractivity contribution is 7.09. The van der Waals surface area contributed by atoms with Gasteiger partial charge in [-0.05, 0) is 30.4 Å². The van der Waals surface area contributed by atoms with Crippen molar-refractivity contribution in [2.45, 2.75) is 58.2 Å². The van der Waals surface area contributed by atoms with Crippen LogP contribution in [0.4, 0.5) is 0 Å². The summed E-state index contributed by atoms with van der Waals surface area (Å²) in [5.41, 5.74) is 3.76. The van der Waals surface area contributed by atoms with Crippen LogP contribution in [0, 0.1) is 0 Å². The van der Waals surface area contributed by atoms with Crippen LogP contribution in [0.1, 0.15) is 54.4 Å². The van der Waals surface area contributed by atoms with Gasteiger partial charge in [-0.3, -0.25) is 9.69 Å². The lowest BCUT2D eigenvalue weighted by atomic mass is 9.93. The quantitative estimate of drug-likeness (QED) is 0.822.